The molecule has 0 amide bonds. The van der Waals surface area contributed by atoms with Crippen molar-refractivity contribution in [1.29, 1.82) is 0 Å². The highest BCUT2D eigenvalue weighted by Crippen LogP contribution is 2.08. The molecular formula is C11H21N5O. The summed E-state index contributed by atoms with van der Waals surface area (Å²) in [5.74, 6) is 0.215. The summed E-state index contributed by atoms with van der Waals surface area (Å²) in [5, 5.41) is 8.74. The molecule has 0 saturated heterocycles. The van der Waals surface area contributed by atoms with Crippen molar-refractivity contribution in [3.63, 3.8) is 0 Å². The number of anilines is 1. The molecule has 0 aliphatic rings. The Kier molecular flexibility index (Phi) is 7.62. The topological polar surface area (TPSA) is 89.8 Å². The first-order valence-electron chi connectivity index (χ1n) is 5.85. The summed E-state index contributed by atoms with van der Waals surface area (Å²) in [6.07, 6.45) is 3.17. The van der Waals surface area contributed by atoms with Crippen molar-refractivity contribution in [2.45, 2.75) is 34.2 Å². The highest BCUT2D eigenvalue weighted by atomic mass is 16.3. The minimum Gasteiger partial charge on any atom is -0.395 e. The second kappa shape index (κ2) is 8.46. The molecule has 0 spiro atoms. The quantitative estimate of drug-likeness (QED) is 0.828. The molecule has 0 unspecified atom stereocenters. The molecule has 0 radical (unpaired) electrons. The Bertz CT molecular complexity index is 427. The van der Waals surface area contributed by atoms with Gasteiger partial charge in [-0.05, 0) is 0 Å². The number of imidazole rings is 1. The normalized spacial score (nSPS) is 9.00. The summed E-state index contributed by atoms with van der Waals surface area (Å²) in [6.45, 7) is 8.52. The van der Waals surface area contributed by atoms with E-state index in [4.69, 9.17) is 10.8 Å². The predicted molar refractivity (Wildman–Crippen MR) is 69.5 cm³/mol. The van der Waals surface area contributed by atoms with Gasteiger partial charge >= 0.3 is 0 Å². The molecule has 0 bridgehead atoms. The van der Waals surface area contributed by atoms with Gasteiger partial charge in [-0.2, -0.15) is 4.98 Å². The maximum Gasteiger partial charge on any atom is 0.222 e. The fraction of sp³-hybridized carbons (Fsp3) is 0.545. The van der Waals surface area contributed by atoms with E-state index < -0.39 is 0 Å². The summed E-state index contributed by atoms with van der Waals surface area (Å²) < 4.78 is 1.73. The Morgan fingerprint density at radius 1 is 1.24 bits per heavy atom. The van der Waals surface area contributed by atoms with Gasteiger partial charge in [-0.1, -0.05) is 27.7 Å². The molecule has 2 heterocycles. The number of aliphatic hydroxyl groups is 1. The molecular weight excluding hydrogens is 218 g/mol. The fourth-order valence-corrected chi connectivity index (χ4v) is 1.14. The average molecular weight is 239 g/mol. The van der Waals surface area contributed by atoms with Crippen molar-refractivity contribution in [3.05, 3.63) is 12.5 Å². The molecule has 0 aliphatic heterocycles. The molecule has 17 heavy (non-hydrogen) atoms. The van der Waals surface area contributed by atoms with Crippen molar-refractivity contribution in [2.75, 3.05) is 12.3 Å². The lowest BCUT2D eigenvalue weighted by Gasteiger charge is -1.99. The largest absolute Gasteiger partial charge is 0.395 e. The third kappa shape index (κ3) is 3.99. The van der Waals surface area contributed by atoms with Gasteiger partial charge in [-0.3, -0.25) is 0 Å². The first kappa shape index (κ1) is 15.3. The summed E-state index contributed by atoms with van der Waals surface area (Å²) in [5.41, 5.74) is 6.76. The standard InChI is InChI=1S/C7H9N5O.2C2H6/c8-7-9-3-5-6(11-7)12(1-2-13)4-10-5;2*1-2/h3-4,13H,1-2H2,(H2,8,9,11);2*1-2H3. The van der Waals surface area contributed by atoms with Crippen LogP contribution in [0.3, 0.4) is 0 Å². The molecule has 6 heteroatoms. The van der Waals surface area contributed by atoms with E-state index in [0.29, 0.717) is 17.7 Å². The van der Waals surface area contributed by atoms with Gasteiger partial charge in [0.15, 0.2) is 5.65 Å². The summed E-state index contributed by atoms with van der Waals surface area (Å²) >= 11 is 0. The zero-order chi connectivity index (χ0) is 13.3. The number of hydrogen-bond acceptors (Lipinski definition) is 5. The lowest BCUT2D eigenvalue weighted by molar-refractivity contribution is 0.277. The molecule has 0 fully saturated rings. The zero-order valence-corrected chi connectivity index (χ0v) is 10.9. The van der Waals surface area contributed by atoms with Crippen molar-refractivity contribution < 1.29 is 5.11 Å². The minimum absolute atomic E-state index is 0.0510. The molecule has 6 nitrogen and oxygen atoms in total. The average Bonchev–Trinajstić information content (AvgIpc) is 2.78. The maximum absolute atomic E-state index is 8.74. The second-order valence-corrected chi connectivity index (χ2v) is 2.60. The van der Waals surface area contributed by atoms with Crippen LogP contribution in [0.15, 0.2) is 12.5 Å². The first-order chi connectivity index (χ1) is 8.31. The molecule has 3 N–H and O–H groups in total. The van der Waals surface area contributed by atoms with Crippen molar-refractivity contribution in [1.82, 2.24) is 19.5 Å². The first-order valence-corrected chi connectivity index (χ1v) is 5.85. The van der Waals surface area contributed by atoms with E-state index in [1.807, 2.05) is 27.7 Å². The van der Waals surface area contributed by atoms with Crippen LogP contribution in [0, 0.1) is 0 Å². The van der Waals surface area contributed by atoms with Gasteiger partial charge in [0.2, 0.25) is 5.95 Å². The molecule has 96 valence electrons. The van der Waals surface area contributed by atoms with Crippen LogP contribution in [0.1, 0.15) is 27.7 Å². The van der Waals surface area contributed by atoms with Gasteiger partial charge in [0.1, 0.15) is 5.52 Å². The van der Waals surface area contributed by atoms with Crippen molar-refractivity contribution in [3.8, 4) is 0 Å². The van der Waals surface area contributed by atoms with E-state index in [2.05, 4.69) is 15.0 Å². The van der Waals surface area contributed by atoms with Crippen LogP contribution in [-0.2, 0) is 6.54 Å². The lowest BCUT2D eigenvalue weighted by atomic mass is 10.5. The Morgan fingerprint density at radius 3 is 2.47 bits per heavy atom. The predicted octanol–water partition coefficient (Wildman–Crippen LogP) is 1.45. The lowest BCUT2D eigenvalue weighted by Crippen LogP contribution is -2.03. The van der Waals surface area contributed by atoms with Gasteiger partial charge in [0.25, 0.3) is 0 Å². The number of nitrogens with two attached hydrogens (primary N) is 1. The molecule has 0 atom stereocenters. The monoisotopic (exact) mass is 239 g/mol. The second-order valence-electron chi connectivity index (χ2n) is 2.60. The maximum atomic E-state index is 8.74. The highest BCUT2D eigenvalue weighted by molar-refractivity contribution is 5.70. The van der Waals surface area contributed by atoms with E-state index in [9.17, 15) is 0 Å². The Balaban J connectivity index is 0.000000581. The van der Waals surface area contributed by atoms with Gasteiger partial charge in [-0.25, -0.2) is 9.97 Å². The van der Waals surface area contributed by atoms with Crippen molar-refractivity contribution >= 4 is 17.1 Å². The highest BCUT2D eigenvalue weighted by Gasteiger charge is 2.03. The molecule has 0 saturated carbocycles. The van der Waals surface area contributed by atoms with E-state index in [1.165, 1.54) is 0 Å². The number of rotatable bonds is 2. The smallest absolute Gasteiger partial charge is 0.222 e. The number of fused-ring (bicyclic) bond motifs is 1. The number of aliphatic hydroxyl groups excluding tert-OH is 1. The summed E-state index contributed by atoms with van der Waals surface area (Å²) in [4.78, 5) is 11.9. The van der Waals surface area contributed by atoms with Crippen molar-refractivity contribution in [2.24, 2.45) is 0 Å². The Morgan fingerprint density at radius 2 is 1.88 bits per heavy atom. The van der Waals surface area contributed by atoms with Gasteiger partial charge in [0.05, 0.1) is 19.1 Å². The number of nitrogen functional groups attached to an aromatic ring is 1. The minimum atomic E-state index is 0.0510. The molecule has 0 aromatic carbocycles. The third-order valence-corrected chi connectivity index (χ3v) is 1.72. The number of hydrogen-bond donors (Lipinski definition) is 2. The van der Waals surface area contributed by atoms with Crippen LogP contribution in [-0.4, -0.2) is 31.2 Å². The molecule has 0 aliphatic carbocycles. The van der Waals surface area contributed by atoms with E-state index in [0.717, 1.165) is 0 Å². The zero-order valence-electron chi connectivity index (χ0n) is 10.9. The van der Waals surface area contributed by atoms with Crippen LogP contribution < -0.4 is 5.73 Å². The summed E-state index contributed by atoms with van der Waals surface area (Å²) in [7, 11) is 0. The van der Waals surface area contributed by atoms with Gasteiger partial charge in [0, 0.05) is 6.54 Å². The van der Waals surface area contributed by atoms with Crippen LogP contribution in [0.5, 0.6) is 0 Å². The van der Waals surface area contributed by atoms with Crippen LogP contribution >= 0.6 is 0 Å². The van der Waals surface area contributed by atoms with E-state index >= 15 is 0 Å². The third-order valence-electron chi connectivity index (χ3n) is 1.72. The van der Waals surface area contributed by atoms with Gasteiger partial charge in [-0.15, -0.1) is 0 Å². The summed E-state index contributed by atoms with van der Waals surface area (Å²) in [6, 6.07) is 0. The van der Waals surface area contributed by atoms with Crippen LogP contribution in [0.4, 0.5) is 5.95 Å². The van der Waals surface area contributed by atoms with Gasteiger partial charge < -0.3 is 15.4 Å². The Hall–Kier alpha value is -1.69. The van der Waals surface area contributed by atoms with E-state index in [-0.39, 0.29) is 12.6 Å². The molecule has 2 aromatic heterocycles. The van der Waals surface area contributed by atoms with Crippen LogP contribution in [0.2, 0.25) is 0 Å². The Labute approximate surface area is 102 Å². The van der Waals surface area contributed by atoms with E-state index in [1.54, 1.807) is 17.1 Å². The molecule has 2 aromatic rings. The van der Waals surface area contributed by atoms with Crippen LogP contribution in [0.25, 0.3) is 11.2 Å². The number of nitrogens with zero attached hydrogens (tertiary/aromatic N) is 4. The fourth-order valence-electron chi connectivity index (χ4n) is 1.14. The number of aromatic nitrogens is 4. The SMILES string of the molecule is CC.CC.Nc1ncc2ncn(CCO)c2n1. The molecule has 2 rings (SSSR count).